The summed E-state index contributed by atoms with van der Waals surface area (Å²) in [7, 11) is 0. The van der Waals surface area contributed by atoms with Crippen molar-refractivity contribution in [2.75, 3.05) is 29.0 Å². The van der Waals surface area contributed by atoms with Crippen LogP contribution in [0.25, 0.3) is 5.69 Å². The van der Waals surface area contributed by atoms with Crippen LogP contribution in [0.1, 0.15) is 44.9 Å². The maximum absolute atomic E-state index is 12.8. The molecule has 9 heteroatoms. The molecule has 0 atom stereocenters. The van der Waals surface area contributed by atoms with Crippen LogP contribution in [0.4, 0.5) is 26.8 Å². The van der Waals surface area contributed by atoms with E-state index in [0.717, 1.165) is 35.5 Å². The van der Waals surface area contributed by atoms with Crippen LogP contribution in [0.2, 0.25) is 0 Å². The van der Waals surface area contributed by atoms with E-state index in [1.54, 1.807) is 4.68 Å². The highest BCUT2D eigenvalue weighted by atomic mass is 16.4. The Morgan fingerprint density at radius 3 is 2.14 bits per heavy atom. The summed E-state index contributed by atoms with van der Waals surface area (Å²) in [6.07, 6.45) is 0.665. The Morgan fingerprint density at radius 2 is 1.56 bits per heavy atom. The molecule has 1 aliphatic heterocycles. The van der Waals surface area contributed by atoms with Gasteiger partial charge in [0, 0.05) is 42.0 Å². The van der Waals surface area contributed by atoms with Crippen LogP contribution in [0, 0.1) is 6.92 Å². The molecule has 4 rings (SSSR count). The molecule has 3 amide bonds. The SMILES string of the molecule is Cc1ccc(-n2nc(C(C)(C)C)cc2NC(=O)Nc2ccc(NC3CCN(C(=O)O)CC3)cc2)cc1. The van der Waals surface area contributed by atoms with Crippen LogP contribution in [0.3, 0.4) is 0 Å². The number of nitrogens with zero attached hydrogens (tertiary/aromatic N) is 3. The Bertz CT molecular complexity index is 1200. The fourth-order valence-corrected chi connectivity index (χ4v) is 4.10. The van der Waals surface area contributed by atoms with Crippen LogP contribution in [0.15, 0.2) is 54.6 Å². The number of urea groups is 1. The number of likely N-dealkylation sites (tertiary alicyclic amines) is 1. The third-order valence-corrected chi connectivity index (χ3v) is 6.28. The number of carbonyl (C=O) groups excluding carboxylic acids is 1. The maximum atomic E-state index is 12.8. The van der Waals surface area contributed by atoms with E-state index in [1.807, 2.05) is 61.5 Å². The summed E-state index contributed by atoms with van der Waals surface area (Å²) < 4.78 is 1.75. The van der Waals surface area contributed by atoms with Gasteiger partial charge in [-0.1, -0.05) is 38.5 Å². The van der Waals surface area contributed by atoms with E-state index < -0.39 is 6.09 Å². The predicted octanol–water partition coefficient (Wildman–Crippen LogP) is 5.68. The summed E-state index contributed by atoms with van der Waals surface area (Å²) in [5.74, 6) is 0.590. The van der Waals surface area contributed by atoms with E-state index in [4.69, 9.17) is 10.2 Å². The highest BCUT2D eigenvalue weighted by molar-refractivity contribution is 5.99. The number of nitrogens with one attached hydrogen (secondary N) is 3. The number of benzene rings is 2. The van der Waals surface area contributed by atoms with Crippen molar-refractivity contribution < 1.29 is 14.7 Å². The fourth-order valence-electron chi connectivity index (χ4n) is 4.10. The Morgan fingerprint density at radius 1 is 0.944 bits per heavy atom. The van der Waals surface area contributed by atoms with E-state index in [0.29, 0.717) is 24.6 Å². The van der Waals surface area contributed by atoms with Gasteiger partial charge in [0.15, 0.2) is 0 Å². The number of hydrogen-bond acceptors (Lipinski definition) is 4. The van der Waals surface area contributed by atoms with Gasteiger partial charge in [0.2, 0.25) is 0 Å². The summed E-state index contributed by atoms with van der Waals surface area (Å²) in [5.41, 5.74) is 4.32. The number of anilines is 3. The van der Waals surface area contributed by atoms with Crippen LogP contribution in [0.5, 0.6) is 0 Å². The van der Waals surface area contributed by atoms with Gasteiger partial charge in [-0.15, -0.1) is 0 Å². The third-order valence-electron chi connectivity index (χ3n) is 6.28. The van der Waals surface area contributed by atoms with Gasteiger partial charge in [0.05, 0.1) is 11.4 Å². The Kier molecular flexibility index (Phi) is 7.19. The first-order valence-electron chi connectivity index (χ1n) is 12.2. The molecular formula is C27H34N6O3. The standard InChI is InChI=1S/C27H34N6O3/c1-18-5-11-22(12-6-18)33-24(17-23(31-33)27(2,3)4)30-25(34)29-20-9-7-19(8-10-20)28-21-13-15-32(16-14-21)26(35)36/h5-12,17,21,28H,13-16H2,1-4H3,(H,35,36)(H2,29,30,34). The van der Waals surface area contributed by atoms with Crippen molar-refractivity contribution in [2.24, 2.45) is 0 Å². The second kappa shape index (κ2) is 10.3. The molecule has 1 saturated heterocycles. The summed E-state index contributed by atoms with van der Waals surface area (Å²) in [4.78, 5) is 25.3. The molecular weight excluding hydrogens is 456 g/mol. The molecule has 1 aliphatic rings. The zero-order valence-corrected chi connectivity index (χ0v) is 21.2. The predicted molar refractivity (Wildman–Crippen MR) is 142 cm³/mol. The smallest absolute Gasteiger partial charge is 0.407 e. The van der Waals surface area contributed by atoms with Gasteiger partial charge in [0.1, 0.15) is 5.82 Å². The molecule has 3 aromatic rings. The Labute approximate surface area is 211 Å². The molecule has 0 bridgehead atoms. The van der Waals surface area contributed by atoms with E-state index in [-0.39, 0.29) is 17.5 Å². The molecule has 0 radical (unpaired) electrons. The number of aryl methyl sites for hydroxylation is 1. The largest absolute Gasteiger partial charge is 0.465 e. The average molecular weight is 491 g/mol. The first-order chi connectivity index (χ1) is 17.1. The summed E-state index contributed by atoms with van der Waals surface area (Å²) >= 11 is 0. The second-order valence-corrected chi connectivity index (χ2v) is 10.3. The van der Waals surface area contributed by atoms with Gasteiger partial charge < -0.3 is 20.6 Å². The van der Waals surface area contributed by atoms with Crippen molar-refractivity contribution in [3.63, 3.8) is 0 Å². The molecule has 190 valence electrons. The summed E-state index contributed by atoms with van der Waals surface area (Å²) in [6, 6.07) is 17.3. The zero-order chi connectivity index (χ0) is 25.9. The van der Waals surface area contributed by atoms with Gasteiger partial charge in [-0.2, -0.15) is 5.10 Å². The van der Waals surface area contributed by atoms with Crippen molar-refractivity contribution in [3.8, 4) is 5.69 Å². The molecule has 0 saturated carbocycles. The molecule has 0 unspecified atom stereocenters. The average Bonchev–Trinajstić information content (AvgIpc) is 3.25. The van der Waals surface area contributed by atoms with E-state index in [9.17, 15) is 9.59 Å². The number of rotatable bonds is 5. The number of carboxylic acid groups (broad SMARTS) is 1. The fraction of sp³-hybridized carbons (Fsp3) is 0.370. The van der Waals surface area contributed by atoms with E-state index >= 15 is 0 Å². The summed E-state index contributed by atoms with van der Waals surface area (Å²) in [6.45, 7) is 9.35. The molecule has 0 aliphatic carbocycles. The number of amides is 3. The number of aromatic nitrogens is 2. The normalized spacial score (nSPS) is 14.4. The van der Waals surface area contributed by atoms with Gasteiger partial charge in [0.25, 0.3) is 0 Å². The number of hydrogen-bond donors (Lipinski definition) is 4. The second-order valence-electron chi connectivity index (χ2n) is 10.3. The lowest BCUT2D eigenvalue weighted by molar-refractivity contribution is 0.134. The molecule has 1 fully saturated rings. The first-order valence-corrected chi connectivity index (χ1v) is 12.2. The van der Waals surface area contributed by atoms with Crippen molar-refractivity contribution in [1.82, 2.24) is 14.7 Å². The number of carbonyl (C=O) groups is 2. The van der Waals surface area contributed by atoms with E-state index in [2.05, 4.69) is 36.7 Å². The van der Waals surface area contributed by atoms with E-state index in [1.165, 1.54) is 4.90 Å². The van der Waals surface area contributed by atoms with Crippen molar-refractivity contribution in [3.05, 3.63) is 65.9 Å². The highest BCUT2D eigenvalue weighted by Crippen LogP contribution is 2.27. The van der Waals surface area contributed by atoms with Crippen molar-refractivity contribution >= 4 is 29.3 Å². The van der Waals surface area contributed by atoms with Gasteiger partial charge >= 0.3 is 12.1 Å². The van der Waals surface area contributed by atoms with Crippen LogP contribution in [-0.2, 0) is 5.41 Å². The van der Waals surface area contributed by atoms with Crippen molar-refractivity contribution in [2.45, 2.75) is 52.0 Å². The van der Waals surface area contributed by atoms with Gasteiger partial charge in [-0.25, -0.2) is 14.3 Å². The maximum Gasteiger partial charge on any atom is 0.407 e. The molecule has 36 heavy (non-hydrogen) atoms. The molecule has 1 aromatic heterocycles. The number of piperidine rings is 1. The minimum atomic E-state index is -0.862. The molecule has 9 nitrogen and oxygen atoms in total. The first kappa shape index (κ1) is 25.1. The summed E-state index contributed by atoms with van der Waals surface area (Å²) in [5, 5.41) is 23.1. The lowest BCUT2D eigenvalue weighted by atomic mass is 9.92. The minimum Gasteiger partial charge on any atom is -0.465 e. The zero-order valence-electron chi connectivity index (χ0n) is 21.2. The van der Waals surface area contributed by atoms with Gasteiger partial charge in [-0.05, 0) is 56.2 Å². The minimum absolute atomic E-state index is 0.171. The van der Waals surface area contributed by atoms with Gasteiger partial charge in [-0.3, -0.25) is 5.32 Å². The Hall–Kier alpha value is -4.01. The lowest BCUT2D eigenvalue weighted by Crippen LogP contribution is -2.41. The third kappa shape index (κ3) is 6.16. The highest BCUT2D eigenvalue weighted by Gasteiger charge is 2.23. The van der Waals surface area contributed by atoms with Crippen LogP contribution >= 0.6 is 0 Å². The van der Waals surface area contributed by atoms with Crippen molar-refractivity contribution in [1.29, 1.82) is 0 Å². The molecule has 0 spiro atoms. The lowest BCUT2D eigenvalue weighted by Gasteiger charge is -2.31. The molecule has 4 N–H and O–H groups in total. The Balaban J connectivity index is 1.39. The molecule has 2 heterocycles. The molecule has 2 aromatic carbocycles. The monoisotopic (exact) mass is 490 g/mol. The quantitative estimate of drug-likeness (QED) is 0.368. The topological polar surface area (TPSA) is 112 Å². The van der Waals surface area contributed by atoms with Crippen LogP contribution in [-0.4, -0.2) is 51.0 Å². The van der Waals surface area contributed by atoms with Crippen LogP contribution < -0.4 is 16.0 Å².